The highest BCUT2D eigenvalue weighted by Gasteiger charge is 2.29. The molecular formula is C16H11FN2O. The van der Waals surface area contributed by atoms with Crippen LogP contribution in [0.15, 0.2) is 42.5 Å². The first-order valence-corrected chi connectivity index (χ1v) is 6.26. The van der Waals surface area contributed by atoms with E-state index in [4.69, 9.17) is 5.26 Å². The van der Waals surface area contributed by atoms with E-state index >= 15 is 0 Å². The molecule has 1 aliphatic heterocycles. The summed E-state index contributed by atoms with van der Waals surface area (Å²) in [4.78, 5) is 12.3. The van der Waals surface area contributed by atoms with Crippen LogP contribution in [0.5, 0.6) is 0 Å². The summed E-state index contributed by atoms with van der Waals surface area (Å²) in [6.07, 6.45) is 0. The topological polar surface area (TPSA) is 52.9 Å². The van der Waals surface area contributed by atoms with Crippen molar-refractivity contribution in [2.75, 3.05) is 0 Å². The van der Waals surface area contributed by atoms with E-state index in [2.05, 4.69) is 5.32 Å². The lowest BCUT2D eigenvalue weighted by Crippen LogP contribution is -2.40. The number of benzene rings is 2. The molecule has 0 spiro atoms. The van der Waals surface area contributed by atoms with Gasteiger partial charge in [0, 0.05) is 12.1 Å². The van der Waals surface area contributed by atoms with E-state index < -0.39 is 6.04 Å². The van der Waals surface area contributed by atoms with E-state index in [9.17, 15) is 9.18 Å². The third-order valence-corrected chi connectivity index (χ3v) is 3.42. The Morgan fingerprint density at radius 2 is 2.05 bits per heavy atom. The Hall–Kier alpha value is -2.51. The predicted octanol–water partition coefficient (Wildman–Crippen LogP) is 2.67. The van der Waals surface area contributed by atoms with Crippen LogP contribution in [-0.2, 0) is 6.54 Å². The van der Waals surface area contributed by atoms with Crippen LogP contribution in [0.3, 0.4) is 0 Å². The number of hydrogen-bond acceptors (Lipinski definition) is 3. The lowest BCUT2D eigenvalue weighted by molar-refractivity contribution is 0.0956. The Morgan fingerprint density at radius 1 is 1.25 bits per heavy atom. The normalized spacial score (nSPS) is 17.4. The molecule has 1 aliphatic rings. The van der Waals surface area contributed by atoms with Crippen LogP contribution in [-0.4, -0.2) is 11.8 Å². The number of rotatable bonds is 1. The average Bonchev–Trinajstić information content (AvgIpc) is 2.47. The molecule has 2 aromatic rings. The summed E-state index contributed by atoms with van der Waals surface area (Å²) in [5, 5.41) is 11.9. The van der Waals surface area contributed by atoms with E-state index in [0.29, 0.717) is 23.2 Å². The molecule has 0 amide bonds. The first kappa shape index (κ1) is 12.5. The van der Waals surface area contributed by atoms with Crippen molar-refractivity contribution in [3.63, 3.8) is 0 Å². The summed E-state index contributed by atoms with van der Waals surface area (Å²) in [5.74, 6) is -0.605. The number of ketones is 1. The zero-order valence-electron chi connectivity index (χ0n) is 10.6. The predicted molar refractivity (Wildman–Crippen MR) is 72.4 cm³/mol. The van der Waals surface area contributed by atoms with E-state index in [-0.39, 0.29) is 11.6 Å². The lowest BCUT2D eigenvalue weighted by Gasteiger charge is -2.22. The second kappa shape index (κ2) is 4.87. The number of nitrogens with one attached hydrogen (secondary N) is 1. The molecule has 1 heterocycles. The molecule has 4 heteroatoms. The maximum Gasteiger partial charge on any atom is 0.195 e. The van der Waals surface area contributed by atoms with Crippen molar-refractivity contribution in [3.05, 3.63) is 59.4 Å². The van der Waals surface area contributed by atoms with Crippen molar-refractivity contribution >= 4 is 5.78 Å². The van der Waals surface area contributed by atoms with Gasteiger partial charge in [-0.1, -0.05) is 30.3 Å². The molecule has 1 unspecified atom stereocenters. The number of nitrogens with zero attached hydrogens (tertiary/aromatic N) is 1. The molecule has 0 saturated heterocycles. The molecule has 0 aromatic heterocycles. The number of carbonyl (C=O) groups is 1. The van der Waals surface area contributed by atoms with Gasteiger partial charge in [-0.3, -0.25) is 10.1 Å². The summed E-state index contributed by atoms with van der Waals surface area (Å²) in [6, 6.07) is 12.7. The summed E-state index contributed by atoms with van der Waals surface area (Å²) in [7, 11) is 0. The van der Waals surface area contributed by atoms with E-state index in [1.54, 1.807) is 18.2 Å². The molecule has 0 fully saturated rings. The van der Waals surface area contributed by atoms with Crippen LogP contribution in [0.25, 0.3) is 11.1 Å². The van der Waals surface area contributed by atoms with Crippen LogP contribution in [0.2, 0.25) is 0 Å². The van der Waals surface area contributed by atoms with Gasteiger partial charge in [-0.25, -0.2) is 4.39 Å². The SMILES string of the molecule is N#CC1NCc2cccc(-c3cccc(F)c3)c2C1=O. The largest absolute Gasteiger partial charge is 0.291 e. The quantitative estimate of drug-likeness (QED) is 0.863. The lowest BCUT2D eigenvalue weighted by atomic mass is 9.88. The summed E-state index contributed by atoms with van der Waals surface area (Å²) in [6.45, 7) is 0.461. The number of hydrogen-bond donors (Lipinski definition) is 1. The van der Waals surface area contributed by atoms with Crippen molar-refractivity contribution in [3.8, 4) is 17.2 Å². The first-order chi connectivity index (χ1) is 9.70. The van der Waals surface area contributed by atoms with E-state index in [0.717, 1.165) is 5.56 Å². The van der Waals surface area contributed by atoms with Gasteiger partial charge in [0.1, 0.15) is 5.82 Å². The number of Topliss-reactive ketones (excluding diaryl/α,β-unsaturated/α-hetero) is 1. The van der Waals surface area contributed by atoms with Gasteiger partial charge >= 0.3 is 0 Å². The fraction of sp³-hybridized carbons (Fsp3) is 0.125. The molecule has 1 atom stereocenters. The molecule has 2 aromatic carbocycles. The highest BCUT2D eigenvalue weighted by molar-refractivity contribution is 6.08. The minimum atomic E-state index is -0.836. The molecule has 3 rings (SSSR count). The zero-order chi connectivity index (χ0) is 14.1. The number of halogens is 1. The molecule has 20 heavy (non-hydrogen) atoms. The van der Waals surface area contributed by atoms with Gasteiger partial charge in [-0.2, -0.15) is 5.26 Å². The van der Waals surface area contributed by atoms with Gasteiger partial charge in [0.15, 0.2) is 11.8 Å². The third-order valence-electron chi connectivity index (χ3n) is 3.42. The second-order valence-electron chi connectivity index (χ2n) is 4.66. The Labute approximate surface area is 115 Å². The summed E-state index contributed by atoms with van der Waals surface area (Å²) in [5.41, 5.74) is 2.68. The summed E-state index contributed by atoms with van der Waals surface area (Å²) < 4.78 is 13.4. The molecule has 98 valence electrons. The summed E-state index contributed by atoms with van der Waals surface area (Å²) >= 11 is 0. The highest BCUT2D eigenvalue weighted by atomic mass is 19.1. The number of fused-ring (bicyclic) bond motifs is 1. The van der Waals surface area contributed by atoms with Gasteiger partial charge in [-0.05, 0) is 28.8 Å². The second-order valence-corrected chi connectivity index (χ2v) is 4.66. The van der Waals surface area contributed by atoms with Gasteiger partial charge in [-0.15, -0.1) is 0 Å². The molecular weight excluding hydrogens is 255 g/mol. The van der Waals surface area contributed by atoms with Crippen LogP contribution < -0.4 is 5.32 Å². The molecule has 3 nitrogen and oxygen atoms in total. The van der Waals surface area contributed by atoms with Gasteiger partial charge in [0.05, 0.1) is 6.07 Å². The molecule has 0 saturated carbocycles. The Morgan fingerprint density at radius 3 is 2.80 bits per heavy atom. The smallest absolute Gasteiger partial charge is 0.195 e. The molecule has 0 aliphatic carbocycles. The van der Waals surface area contributed by atoms with Crippen molar-refractivity contribution in [1.82, 2.24) is 5.32 Å². The Balaban J connectivity index is 2.20. The van der Waals surface area contributed by atoms with E-state index in [1.165, 1.54) is 12.1 Å². The maximum atomic E-state index is 13.4. The fourth-order valence-corrected chi connectivity index (χ4v) is 2.49. The minimum Gasteiger partial charge on any atom is -0.291 e. The Kier molecular flexibility index (Phi) is 3.05. The van der Waals surface area contributed by atoms with Crippen molar-refractivity contribution in [1.29, 1.82) is 5.26 Å². The van der Waals surface area contributed by atoms with Crippen LogP contribution in [0.1, 0.15) is 15.9 Å². The molecule has 0 bridgehead atoms. The highest BCUT2D eigenvalue weighted by Crippen LogP contribution is 2.30. The monoisotopic (exact) mass is 266 g/mol. The fourth-order valence-electron chi connectivity index (χ4n) is 2.49. The van der Waals surface area contributed by atoms with Crippen molar-refractivity contribution < 1.29 is 9.18 Å². The maximum absolute atomic E-state index is 13.4. The van der Waals surface area contributed by atoms with Crippen molar-refractivity contribution in [2.45, 2.75) is 12.6 Å². The average molecular weight is 266 g/mol. The van der Waals surface area contributed by atoms with Crippen LogP contribution in [0.4, 0.5) is 4.39 Å². The first-order valence-electron chi connectivity index (χ1n) is 6.26. The van der Waals surface area contributed by atoms with Gasteiger partial charge in [0.2, 0.25) is 0 Å². The zero-order valence-corrected chi connectivity index (χ0v) is 10.6. The van der Waals surface area contributed by atoms with Crippen LogP contribution >= 0.6 is 0 Å². The van der Waals surface area contributed by atoms with E-state index in [1.807, 2.05) is 18.2 Å². The van der Waals surface area contributed by atoms with Gasteiger partial charge in [0.25, 0.3) is 0 Å². The van der Waals surface area contributed by atoms with Crippen molar-refractivity contribution in [2.24, 2.45) is 0 Å². The molecule has 1 N–H and O–H groups in total. The van der Waals surface area contributed by atoms with Crippen LogP contribution in [0, 0.1) is 17.1 Å². The minimum absolute atomic E-state index is 0.256. The number of nitriles is 1. The third kappa shape index (κ3) is 1.98. The standard InChI is InChI=1S/C16H11FN2O/c17-12-5-1-3-10(7-12)13-6-2-4-11-9-19-14(8-18)16(20)15(11)13/h1-7,14,19H,9H2. The number of carbonyl (C=O) groups excluding carboxylic acids is 1. The Bertz CT molecular complexity index is 733. The van der Waals surface area contributed by atoms with Gasteiger partial charge < -0.3 is 0 Å². The molecule has 0 radical (unpaired) electrons.